The molecule has 0 fully saturated rings. The van der Waals surface area contributed by atoms with Crippen LogP contribution in [0.4, 0.5) is 5.69 Å². The Morgan fingerprint density at radius 1 is 1.31 bits per heavy atom. The van der Waals surface area contributed by atoms with Gasteiger partial charge in [-0.05, 0) is 43.0 Å². The highest BCUT2D eigenvalue weighted by Gasteiger charge is 2.05. The van der Waals surface area contributed by atoms with Crippen LogP contribution in [0, 0.1) is 6.92 Å². The Morgan fingerprint density at radius 3 is 2.81 bits per heavy atom. The first-order valence-corrected chi connectivity index (χ1v) is 5.87. The zero-order chi connectivity index (χ0) is 11.5. The van der Waals surface area contributed by atoms with Gasteiger partial charge < -0.3 is 5.73 Å². The molecule has 0 bridgehead atoms. The third-order valence-electron chi connectivity index (χ3n) is 1.93. The van der Waals surface area contributed by atoms with Crippen molar-refractivity contribution in [1.29, 1.82) is 0 Å². The van der Waals surface area contributed by atoms with Crippen LogP contribution in [0.2, 0.25) is 5.02 Å². The summed E-state index contributed by atoms with van der Waals surface area (Å²) in [4.78, 5) is 9.36. The topological polar surface area (TPSA) is 51.8 Å². The number of anilines is 1. The fourth-order valence-electron chi connectivity index (χ4n) is 1.17. The van der Waals surface area contributed by atoms with Crippen LogP contribution in [0.1, 0.15) is 5.69 Å². The van der Waals surface area contributed by atoms with Crippen molar-refractivity contribution in [2.75, 3.05) is 5.73 Å². The molecule has 0 atom stereocenters. The second-order valence-electron chi connectivity index (χ2n) is 3.27. The smallest absolute Gasteiger partial charge is 0.192 e. The number of aromatic nitrogens is 2. The molecular formula is C11H10ClN3S. The maximum absolute atomic E-state index is 6.06. The van der Waals surface area contributed by atoms with Crippen LogP contribution in [-0.2, 0) is 0 Å². The standard InChI is InChI=1S/C11H10ClN3S/c1-7-4-5-14-11(15-7)16-10-3-2-8(13)6-9(10)12/h2-6H,13H2,1H3. The molecule has 2 rings (SSSR count). The van der Waals surface area contributed by atoms with Gasteiger partial charge in [0, 0.05) is 22.5 Å². The molecule has 0 aliphatic heterocycles. The van der Waals surface area contributed by atoms with Crippen molar-refractivity contribution >= 4 is 29.1 Å². The Kier molecular flexibility index (Phi) is 3.31. The van der Waals surface area contributed by atoms with Crippen LogP contribution in [-0.4, -0.2) is 9.97 Å². The monoisotopic (exact) mass is 251 g/mol. The fourth-order valence-corrected chi connectivity index (χ4v) is 2.27. The number of benzene rings is 1. The number of hydrogen-bond donors (Lipinski definition) is 1. The molecule has 0 saturated carbocycles. The van der Waals surface area contributed by atoms with Gasteiger partial charge in [0.15, 0.2) is 5.16 Å². The van der Waals surface area contributed by atoms with E-state index in [1.165, 1.54) is 11.8 Å². The zero-order valence-electron chi connectivity index (χ0n) is 8.64. The van der Waals surface area contributed by atoms with Gasteiger partial charge in [-0.1, -0.05) is 11.6 Å². The first kappa shape index (κ1) is 11.2. The van der Waals surface area contributed by atoms with Crippen molar-refractivity contribution in [3.63, 3.8) is 0 Å². The van der Waals surface area contributed by atoms with Crippen LogP contribution >= 0.6 is 23.4 Å². The van der Waals surface area contributed by atoms with E-state index in [9.17, 15) is 0 Å². The van der Waals surface area contributed by atoms with Gasteiger partial charge in [0.05, 0.1) is 5.02 Å². The summed E-state index contributed by atoms with van der Waals surface area (Å²) in [5.74, 6) is 0. The number of nitrogens with zero attached hydrogens (tertiary/aromatic N) is 2. The summed E-state index contributed by atoms with van der Waals surface area (Å²) in [6, 6.07) is 7.26. The van der Waals surface area contributed by atoms with Gasteiger partial charge in [0.1, 0.15) is 0 Å². The van der Waals surface area contributed by atoms with E-state index in [4.69, 9.17) is 17.3 Å². The summed E-state index contributed by atoms with van der Waals surface area (Å²) in [6.07, 6.45) is 1.73. The first-order chi connectivity index (χ1) is 7.65. The predicted octanol–water partition coefficient (Wildman–Crippen LogP) is 3.17. The summed E-state index contributed by atoms with van der Waals surface area (Å²) in [6.45, 7) is 1.93. The normalized spacial score (nSPS) is 10.4. The highest BCUT2D eigenvalue weighted by Crippen LogP contribution is 2.32. The molecule has 2 aromatic rings. The number of rotatable bonds is 2. The fraction of sp³-hybridized carbons (Fsp3) is 0.0909. The van der Waals surface area contributed by atoms with Crippen molar-refractivity contribution < 1.29 is 0 Å². The van der Waals surface area contributed by atoms with E-state index in [0.717, 1.165) is 10.6 Å². The van der Waals surface area contributed by atoms with Crippen LogP contribution in [0.25, 0.3) is 0 Å². The third kappa shape index (κ3) is 2.65. The summed E-state index contributed by atoms with van der Waals surface area (Å²) in [5.41, 5.74) is 7.21. The van der Waals surface area contributed by atoms with Gasteiger partial charge in [-0.2, -0.15) is 0 Å². The van der Waals surface area contributed by atoms with Gasteiger partial charge in [0.25, 0.3) is 0 Å². The van der Waals surface area contributed by atoms with Gasteiger partial charge in [-0.15, -0.1) is 0 Å². The first-order valence-electron chi connectivity index (χ1n) is 4.67. The van der Waals surface area contributed by atoms with Crippen molar-refractivity contribution in [2.45, 2.75) is 17.0 Å². The molecule has 0 spiro atoms. The van der Waals surface area contributed by atoms with Crippen LogP contribution in [0.5, 0.6) is 0 Å². The van der Waals surface area contributed by atoms with E-state index in [-0.39, 0.29) is 0 Å². The van der Waals surface area contributed by atoms with E-state index >= 15 is 0 Å². The van der Waals surface area contributed by atoms with Crippen molar-refractivity contribution in [1.82, 2.24) is 9.97 Å². The van der Waals surface area contributed by atoms with Crippen LogP contribution < -0.4 is 5.73 Å². The molecule has 3 nitrogen and oxygen atoms in total. The van der Waals surface area contributed by atoms with E-state index in [1.807, 2.05) is 25.1 Å². The molecule has 5 heteroatoms. The van der Waals surface area contributed by atoms with E-state index in [0.29, 0.717) is 15.9 Å². The summed E-state index contributed by atoms with van der Waals surface area (Å²) in [5, 5.41) is 1.31. The predicted molar refractivity (Wildman–Crippen MR) is 66.8 cm³/mol. The van der Waals surface area contributed by atoms with E-state index < -0.39 is 0 Å². The largest absolute Gasteiger partial charge is 0.399 e. The Balaban J connectivity index is 2.27. The molecule has 2 N–H and O–H groups in total. The van der Waals surface area contributed by atoms with Gasteiger partial charge in [-0.3, -0.25) is 0 Å². The lowest BCUT2D eigenvalue weighted by atomic mass is 10.3. The van der Waals surface area contributed by atoms with Crippen LogP contribution in [0.3, 0.4) is 0 Å². The Hall–Kier alpha value is -1.26. The summed E-state index contributed by atoms with van der Waals surface area (Å²) in [7, 11) is 0. The highest BCUT2D eigenvalue weighted by atomic mass is 35.5. The minimum Gasteiger partial charge on any atom is -0.399 e. The molecule has 16 heavy (non-hydrogen) atoms. The molecule has 0 radical (unpaired) electrons. The Bertz CT molecular complexity index is 516. The molecule has 0 unspecified atom stereocenters. The second kappa shape index (κ2) is 4.72. The highest BCUT2D eigenvalue weighted by molar-refractivity contribution is 7.99. The minimum atomic E-state index is 0.620. The lowest BCUT2D eigenvalue weighted by Gasteiger charge is -2.03. The summed E-state index contributed by atoms with van der Waals surface area (Å²) < 4.78 is 0. The zero-order valence-corrected chi connectivity index (χ0v) is 10.2. The molecule has 0 aliphatic rings. The molecule has 1 aromatic carbocycles. The molecule has 0 aliphatic carbocycles. The number of halogens is 1. The van der Waals surface area contributed by atoms with Gasteiger partial charge in [0.2, 0.25) is 0 Å². The lowest BCUT2D eigenvalue weighted by molar-refractivity contribution is 0.932. The van der Waals surface area contributed by atoms with Crippen molar-refractivity contribution in [3.05, 3.63) is 41.2 Å². The quantitative estimate of drug-likeness (QED) is 0.658. The molecule has 0 saturated heterocycles. The Labute approximate surface area is 103 Å². The van der Waals surface area contributed by atoms with Crippen molar-refractivity contribution in [2.24, 2.45) is 0 Å². The number of nitrogen functional groups attached to an aromatic ring is 1. The molecule has 82 valence electrons. The molecular weight excluding hydrogens is 242 g/mol. The van der Waals surface area contributed by atoms with E-state index in [2.05, 4.69) is 9.97 Å². The SMILES string of the molecule is Cc1ccnc(Sc2ccc(N)cc2Cl)n1. The van der Waals surface area contributed by atoms with E-state index in [1.54, 1.807) is 12.3 Å². The number of hydrogen-bond acceptors (Lipinski definition) is 4. The van der Waals surface area contributed by atoms with Gasteiger partial charge >= 0.3 is 0 Å². The maximum atomic E-state index is 6.06. The molecule has 1 heterocycles. The number of aryl methyl sites for hydroxylation is 1. The molecule has 1 aromatic heterocycles. The average molecular weight is 252 g/mol. The van der Waals surface area contributed by atoms with Gasteiger partial charge in [-0.25, -0.2) is 9.97 Å². The molecule has 0 amide bonds. The summed E-state index contributed by atoms with van der Waals surface area (Å²) >= 11 is 7.49. The number of nitrogens with two attached hydrogens (primary N) is 1. The van der Waals surface area contributed by atoms with Crippen LogP contribution in [0.15, 0.2) is 40.5 Å². The third-order valence-corrected chi connectivity index (χ3v) is 3.31. The Morgan fingerprint density at radius 2 is 2.12 bits per heavy atom. The van der Waals surface area contributed by atoms with Crippen molar-refractivity contribution in [3.8, 4) is 0 Å². The average Bonchev–Trinajstić information content (AvgIpc) is 2.22. The second-order valence-corrected chi connectivity index (χ2v) is 4.69. The minimum absolute atomic E-state index is 0.620. The lowest BCUT2D eigenvalue weighted by Crippen LogP contribution is -1.89. The maximum Gasteiger partial charge on any atom is 0.192 e.